The number of aliphatic imine (C=N–C) groups is 1. The van der Waals surface area contributed by atoms with Crippen molar-refractivity contribution in [3.05, 3.63) is 84.2 Å². The normalized spacial score (nSPS) is 15.8. The summed E-state index contributed by atoms with van der Waals surface area (Å²) in [5.41, 5.74) is 0.960. The number of halogens is 4. The van der Waals surface area contributed by atoms with Crippen LogP contribution < -0.4 is 19.3 Å². The van der Waals surface area contributed by atoms with E-state index in [1.165, 1.54) is 19.2 Å². The molecule has 3 aromatic rings. The number of nitrogens with zero attached hydrogens (tertiary/aromatic N) is 4. The van der Waals surface area contributed by atoms with Gasteiger partial charge in [0.2, 0.25) is 5.96 Å². The maximum atomic E-state index is 14.7. The smallest absolute Gasteiger partial charge is 0.416 e. The lowest BCUT2D eigenvalue weighted by Gasteiger charge is -2.42. The quantitative estimate of drug-likeness (QED) is 0.419. The summed E-state index contributed by atoms with van der Waals surface area (Å²) in [4.78, 5) is 10.3. The van der Waals surface area contributed by atoms with E-state index in [1.807, 2.05) is 29.2 Å². The zero-order valence-electron chi connectivity index (χ0n) is 20.3. The third-order valence-electron chi connectivity index (χ3n) is 6.46. The van der Waals surface area contributed by atoms with E-state index < -0.39 is 17.6 Å². The highest BCUT2D eigenvalue weighted by Gasteiger charge is 2.35. The molecule has 0 saturated carbocycles. The molecule has 193 valence electrons. The van der Waals surface area contributed by atoms with Crippen LogP contribution in [0.15, 0.2) is 65.7 Å². The molecule has 0 bridgehead atoms. The van der Waals surface area contributed by atoms with E-state index in [1.54, 1.807) is 30.7 Å². The molecule has 1 saturated heterocycles. The van der Waals surface area contributed by atoms with E-state index in [0.29, 0.717) is 37.7 Å². The molecule has 0 N–H and O–H groups in total. The number of anilines is 2. The third kappa shape index (κ3) is 4.87. The van der Waals surface area contributed by atoms with Crippen molar-refractivity contribution in [2.24, 2.45) is 4.99 Å². The first kappa shape index (κ1) is 24.7. The monoisotopic (exact) mass is 513 g/mol. The summed E-state index contributed by atoms with van der Waals surface area (Å²) >= 11 is 0. The van der Waals surface area contributed by atoms with Crippen molar-refractivity contribution in [3.8, 4) is 11.5 Å². The summed E-state index contributed by atoms with van der Waals surface area (Å²) < 4.78 is 66.2. The molecule has 0 atom stereocenters. The van der Waals surface area contributed by atoms with Gasteiger partial charge in [-0.2, -0.15) is 13.2 Å². The zero-order chi connectivity index (χ0) is 26.2. The van der Waals surface area contributed by atoms with Gasteiger partial charge in [0.05, 0.1) is 32.0 Å². The molecular weight excluding hydrogens is 488 g/mol. The number of methoxy groups -OCH3 is 2. The lowest BCUT2D eigenvalue weighted by molar-refractivity contribution is -0.137. The van der Waals surface area contributed by atoms with Gasteiger partial charge >= 0.3 is 6.18 Å². The Morgan fingerprint density at radius 1 is 0.838 bits per heavy atom. The molecule has 6 nitrogen and oxygen atoms in total. The van der Waals surface area contributed by atoms with Crippen LogP contribution in [0.2, 0.25) is 0 Å². The van der Waals surface area contributed by atoms with Crippen LogP contribution in [0.3, 0.4) is 0 Å². The van der Waals surface area contributed by atoms with Crippen molar-refractivity contribution in [1.29, 1.82) is 0 Å². The number of fused-ring (bicyclic) bond motifs is 1. The van der Waals surface area contributed by atoms with Gasteiger partial charge in [-0.1, -0.05) is 18.2 Å². The lowest BCUT2D eigenvalue weighted by Crippen LogP contribution is -2.54. The molecule has 10 heteroatoms. The number of alkyl halides is 3. The zero-order valence-corrected chi connectivity index (χ0v) is 20.3. The molecule has 0 aliphatic carbocycles. The van der Waals surface area contributed by atoms with Crippen LogP contribution in [-0.2, 0) is 6.18 Å². The molecule has 0 unspecified atom stereocenters. The first-order chi connectivity index (χ1) is 17.8. The van der Waals surface area contributed by atoms with Crippen molar-refractivity contribution < 1.29 is 27.0 Å². The SMILES string of the molecule is COc1cccc(N2CCN(C3=Nc4c(F)cccc4[CH]N3c3cc(C(F)(F)F)ccc3OC)CC2)c1. The second-order valence-electron chi connectivity index (χ2n) is 8.65. The summed E-state index contributed by atoms with van der Waals surface area (Å²) in [5, 5.41) is 0. The van der Waals surface area contributed by atoms with E-state index in [2.05, 4.69) is 9.89 Å². The third-order valence-corrected chi connectivity index (χ3v) is 6.46. The highest BCUT2D eigenvalue weighted by molar-refractivity contribution is 6.03. The number of guanidine groups is 1. The van der Waals surface area contributed by atoms with E-state index in [0.717, 1.165) is 23.6 Å². The summed E-state index contributed by atoms with van der Waals surface area (Å²) in [6.45, 7) is 3.90. The van der Waals surface area contributed by atoms with E-state index in [-0.39, 0.29) is 17.1 Å². The summed E-state index contributed by atoms with van der Waals surface area (Å²) in [7, 11) is 3.01. The average Bonchev–Trinajstić information content (AvgIpc) is 2.92. The predicted molar refractivity (Wildman–Crippen MR) is 134 cm³/mol. The average molecular weight is 514 g/mol. The molecule has 0 spiro atoms. The number of rotatable bonds is 4. The van der Waals surface area contributed by atoms with Crippen molar-refractivity contribution in [1.82, 2.24) is 4.90 Å². The molecular formula is C27H25F4N4O2. The maximum absolute atomic E-state index is 14.7. The Labute approximate surface area is 212 Å². The Balaban J connectivity index is 1.50. The molecule has 1 fully saturated rings. The molecule has 2 aliphatic rings. The van der Waals surface area contributed by atoms with Crippen LogP contribution in [0.1, 0.15) is 11.1 Å². The summed E-state index contributed by atoms with van der Waals surface area (Å²) in [6.07, 6.45) is -4.54. The molecule has 2 aliphatic heterocycles. The summed E-state index contributed by atoms with van der Waals surface area (Å²) in [6, 6.07) is 15.6. The molecule has 0 amide bonds. The van der Waals surface area contributed by atoms with Gasteiger partial charge in [0.25, 0.3) is 0 Å². The first-order valence-corrected chi connectivity index (χ1v) is 11.7. The molecule has 5 rings (SSSR count). The van der Waals surface area contributed by atoms with Crippen LogP contribution in [0.4, 0.5) is 34.6 Å². The maximum Gasteiger partial charge on any atom is 0.416 e. The molecule has 1 radical (unpaired) electrons. The van der Waals surface area contributed by atoms with Crippen molar-refractivity contribution >= 4 is 23.0 Å². The Hall–Kier alpha value is -3.95. The van der Waals surface area contributed by atoms with Gasteiger partial charge in [0, 0.05) is 43.5 Å². The van der Waals surface area contributed by atoms with Crippen LogP contribution >= 0.6 is 0 Å². The molecule has 37 heavy (non-hydrogen) atoms. The second kappa shape index (κ2) is 9.84. The predicted octanol–water partition coefficient (Wildman–Crippen LogP) is 5.70. The number of ether oxygens (including phenoxy) is 2. The van der Waals surface area contributed by atoms with Crippen LogP contribution in [0.25, 0.3) is 0 Å². The van der Waals surface area contributed by atoms with Gasteiger partial charge in [0.1, 0.15) is 23.0 Å². The van der Waals surface area contributed by atoms with E-state index >= 15 is 0 Å². The number of benzene rings is 3. The fourth-order valence-electron chi connectivity index (χ4n) is 4.53. The first-order valence-electron chi connectivity index (χ1n) is 11.7. The van der Waals surface area contributed by atoms with E-state index in [9.17, 15) is 17.6 Å². The topological polar surface area (TPSA) is 40.5 Å². The lowest BCUT2D eigenvalue weighted by atomic mass is 10.1. The Morgan fingerprint density at radius 3 is 2.27 bits per heavy atom. The van der Waals surface area contributed by atoms with Gasteiger partial charge in [-0.05, 0) is 36.4 Å². The van der Waals surface area contributed by atoms with E-state index in [4.69, 9.17) is 9.47 Å². The molecule has 3 aromatic carbocycles. The minimum atomic E-state index is -4.54. The minimum Gasteiger partial charge on any atom is -0.497 e. The Kier molecular flexibility index (Phi) is 6.57. The van der Waals surface area contributed by atoms with Gasteiger partial charge in [-0.25, -0.2) is 9.38 Å². The molecule has 0 aromatic heterocycles. The Morgan fingerprint density at radius 2 is 1.57 bits per heavy atom. The number of hydrogen-bond donors (Lipinski definition) is 0. The highest BCUT2D eigenvalue weighted by Crippen LogP contribution is 2.41. The molecule has 2 heterocycles. The summed E-state index contributed by atoms with van der Waals surface area (Å²) in [5.74, 6) is 0.824. The van der Waals surface area contributed by atoms with Crippen LogP contribution in [0, 0.1) is 12.4 Å². The largest absolute Gasteiger partial charge is 0.497 e. The number of para-hydroxylation sites is 1. The number of piperazine rings is 1. The standard InChI is InChI=1S/C27H25F4N4O2/c1-36-21-7-4-6-20(16-21)33-11-13-34(14-12-33)26-32-25-18(5-3-8-22(25)28)17-35(26)23-15-19(27(29,30)31)9-10-24(23)37-2/h3-10,15-17H,11-14H2,1-2H3. The van der Waals surface area contributed by atoms with Crippen molar-refractivity contribution in [2.75, 3.05) is 50.2 Å². The van der Waals surface area contributed by atoms with Gasteiger partial charge < -0.3 is 19.3 Å². The fourth-order valence-corrected chi connectivity index (χ4v) is 4.53. The Bertz CT molecular complexity index is 1320. The van der Waals surface area contributed by atoms with Crippen LogP contribution in [-0.4, -0.2) is 51.3 Å². The van der Waals surface area contributed by atoms with Crippen molar-refractivity contribution in [3.63, 3.8) is 0 Å². The number of hydrogen-bond acceptors (Lipinski definition) is 6. The van der Waals surface area contributed by atoms with Gasteiger partial charge in [-0.3, -0.25) is 4.90 Å². The highest BCUT2D eigenvalue weighted by atomic mass is 19.4. The minimum absolute atomic E-state index is 0.148. The van der Waals surface area contributed by atoms with Crippen molar-refractivity contribution in [2.45, 2.75) is 6.18 Å². The van der Waals surface area contributed by atoms with Gasteiger partial charge in [-0.15, -0.1) is 0 Å². The second-order valence-corrected chi connectivity index (χ2v) is 8.65. The van der Waals surface area contributed by atoms with Crippen LogP contribution in [0.5, 0.6) is 11.5 Å². The van der Waals surface area contributed by atoms with Gasteiger partial charge in [0.15, 0.2) is 0 Å². The fraction of sp³-hybridized carbons (Fsp3) is 0.259.